The molecule has 0 spiro atoms. The van der Waals surface area contributed by atoms with E-state index in [-0.39, 0.29) is 11.9 Å². The molecule has 0 bridgehead atoms. The Bertz CT molecular complexity index is 206. The van der Waals surface area contributed by atoms with Crippen LogP contribution in [-0.4, -0.2) is 37.7 Å². The number of hydrogen-bond donors (Lipinski definition) is 2. The third-order valence-corrected chi connectivity index (χ3v) is 2.56. The normalized spacial score (nSPS) is 13.1. The molecule has 0 radical (unpaired) electrons. The Morgan fingerprint density at radius 1 is 1.24 bits per heavy atom. The molecular formula is C13H28N2O2. The van der Waals surface area contributed by atoms with Crippen molar-refractivity contribution in [2.24, 2.45) is 5.92 Å². The van der Waals surface area contributed by atoms with Crippen molar-refractivity contribution in [3.8, 4) is 0 Å². The highest BCUT2D eigenvalue weighted by molar-refractivity contribution is 5.76. The van der Waals surface area contributed by atoms with Crippen LogP contribution in [0.3, 0.4) is 0 Å². The van der Waals surface area contributed by atoms with E-state index in [2.05, 4.69) is 38.3 Å². The van der Waals surface area contributed by atoms with Crippen LogP contribution in [0.5, 0.6) is 0 Å². The first-order valence-electron chi connectivity index (χ1n) is 6.57. The highest BCUT2D eigenvalue weighted by Gasteiger charge is 2.15. The number of nitrogens with one attached hydrogen (secondary N) is 2. The summed E-state index contributed by atoms with van der Waals surface area (Å²) in [6.07, 6.45) is 0.521. The first-order chi connectivity index (χ1) is 7.97. The van der Waals surface area contributed by atoms with Gasteiger partial charge in [0.1, 0.15) is 0 Å². The van der Waals surface area contributed by atoms with Gasteiger partial charge in [-0.25, -0.2) is 0 Å². The van der Waals surface area contributed by atoms with E-state index in [4.69, 9.17) is 4.74 Å². The number of amides is 1. The zero-order valence-corrected chi connectivity index (χ0v) is 11.9. The number of hydrogen-bond acceptors (Lipinski definition) is 3. The first kappa shape index (κ1) is 16.4. The lowest BCUT2D eigenvalue weighted by atomic mass is 10.1. The van der Waals surface area contributed by atoms with E-state index in [1.807, 2.05) is 6.92 Å². The van der Waals surface area contributed by atoms with Crippen LogP contribution >= 0.6 is 0 Å². The van der Waals surface area contributed by atoms with Crippen LogP contribution in [0.15, 0.2) is 0 Å². The Hall–Kier alpha value is -0.610. The second-order valence-electron chi connectivity index (χ2n) is 4.94. The highest BCUT2D eigenvalue weighted by Crippen LogP contribution is 2.02. The van der Waals surface area contributed by atoms with Gasteiger partial charge in [-0.3, -0.25) is 4.79 Å². The second-order valence-corrected chi connectivity index (χ2v) is 4.94. The van der Waals surface area contributed by atoms with Crippen molar-refractivity contribution in [2.75, 3.05) is 19.8 Å². The summed E-state index contributed by atoms with van der Waals surface area (Å²) in [5.74, 6) is 0.486. The summed E-state index contributed by atoms with van der Waals surface area (Å²) in [4.78, 5) is 11.7. The molecule has 4 heteroatoms. The lowest BCUT2D eigenvalue weighted by Gasteiger charge is -2.22. The summed E-state index contributed by atoms with van der Waals surface area (Å²) < 4.78 is 5.37. The molecule has 1 unspecified atom stereocenters. The summed E-state index contributed by atoms with van der Waals surface area (Å²) in [7, 11) is 0. The van der Waals surface area contributed by atoms with E-state index in [0.717, 1.165) is 6.54 Å². The minimum absolute atomic E-state index is 0.0940. The van der Waals surface area contributed by atoms with Crippen molar-refractivity contribution in [2.45, 2.75) is 53.1 Å². The van der Waals surface area contributed by atoms with Gasteiger partial charge in [0, 0.05) is 25.6 Å². The molecule has 1 amide bonds. The van der Waals surface area contributed by atoms with Crippen LogP contribution in [0.1, 0.15) is 41.0 Å². The molecule has 0 aromatic heterocycles. The van der Waals surface area contributed by atoms with E-state index in [9.17, 15) is 4.79 Å². The van der Waals surface area contributed by atoms with Crippen LogP contribution in [0, 0.1) is 5.92 Å². The molecule has 2 N–H and O–H groups in total. The standard InChI is InChI=1S/C13H28N2O2/c1-6-17-9-12(10(2)3)15-13(16)7-8-14-11(4)5/h10-12,14H,6-9H2,1-5H3,(H,15,16). The maximum absolute atomic E-state index is 11.7. The molecule has 17 heavy (non-hydrogen) atoms. The van der Waals surface area contributed by atoms with Crippen LogP contribution in [0.4, 0.5) is 0 Å². The fourth-order valence-electron chi connectivity index (χ4n) is 1.40. The van der Waals surface area contributed by atoms with Gasteiger partial charge in [-0.05, 0) is 12.8 Å². The van der Waals surface area contributed by atoms with Crippen molar-refractivity contribution >= 4 is 5.91 Å². The number of carbonyl (C=O) groups is 1. The fourth-order valence-corrected chi connectivity index (χ4v) is 1.40. The molecule has 0 saturated heterocycles. The molecule has 0 aliphatic heterocycles. The zero-order valence-electron chi connectivity index (χ0n) is 11.9. The zero-order chi connectivity index (χ0) is 13.3. The average molecular weight is 244 g/mol. The molecule has 0 fully saturated rings. The smallest absolute Gasteiger partial charge is 0.221 e. The summed E-state index contributed by atoms with van der Waals surface area (Å²) in [5.41, 5.74) is 0. The van der Waals surface area contributed by atoms with Crippen molar-refractivity contribution < 1.29 is 9.53 Å². The van der Waals surface area contributed by atoms with Gasteiger partial charge >= 0.3 is 0 Å². The molecular weight excluding hydrogens is 216 g/mol. The number of ether oxygens (including phenoxy) is 1. The largest absolute Gasteiger partial charge is 0.380 e. The summed E-state index contributed by atoms with van der Waals surface area (Å²) >= 11 is 0. The molecule has 0 aliphatic carbocycles. The Labute approximate surface area is 105 Å². The van der Waals surface area contributed by atoms with Gasteiger partial charge in [0.25, 0.3) is 0 Å². The Balaban J connectivity index is 3.87. The van der Waals surface area contributed by atoms with Crippen molar-refractivity contribution in [3.05, 3.63) is 0 Å². The topological polar surface area (TPSA) is 50.4 Å². The van der Waals surface area contributed by atoms with Crippen LogP contribution < -0.4 is 10.6 Å². The third-order valence-electron chi connectivity index (χ3n) is 2.56. The first-order valence-corrected chi connectivity index (χ1v) is 6.57. The van der Waals surface area contributed by atoms with Crippen LogP contribution in [0.2, 0.25) is 0 Å². The van der Waals surface area contributed by atoms with E-state index >= 15 is 0 Å². The fraction of sp³-hybridized carbons (Fsp3) is 0.923. The Morgan fingerprint density at radius 3 is 2.35 bits per heavy atom. The van der Waals surface area contributed by atoms with Crippen molar-refractivity contribution in [1.29, 1.82) is 0 Å². The molecule has 0 saturated carbocycles. The monoisotopic (exact) mass is 244 g/mol. The molecule has 0 aromatic carbocycles. The average Bonchev–Trinajstić information content (AvgIpc) is 2.23. The van der Waals surface area contributed by atoms with E-state index in [0.29, 0.717) is 31.6 Å². The third kappa shape index (κ3) is 9.12. The predicted molar refractivity (Wildman–Crippen MR) is 71.0 cm³/mol. The van der Waals surface area contributed by atoms with Gasteiger partial charge < -0.3 is 15.4 Å². The van der Waals surface area contributed by atoms with Gasteiger partial charge in [0.15, 0.2) is 0 Å². The summed E-state index contributed by atoms with van der Waals surface area (Å²) in [5, 5.41) is 6.25. The Morgan fingerprint density at radius 2 is 1.88 bits per heavy atom. The molecule has 102 valence electrons. The molecule has 0 aromatic rings. The van der Waals surface area contributed by atoms with Gasteiger partial charge in [-0.1, -0.05) is 27.7 Å². The summed E-state index contributed by atoms with van der Waals surface area (Å²) in [6, 6.07) is 0.536. The van der Waals surface area contributed by atoms with E-state index in [1.54, 1.807) is 0 Å². The summed E-state index contributed by atoms with van der Waals surface area (Å²) in [6.45, 7) is 12.3. The number of carbonyl (C=O) groups excluding carboxylic acids is 1. The van der Waals surface area contributed by atoms with Crippen LogP contribution in [0.25, 0.3) is 0 Å². The van der Waals surface area contributed by atoms with Gasteiger partial charge in [0.05, 0.1) is 12.6 Å². The predicted octanol–water partition coefficient (Wildman–Crippen LogP) is 1.55. The molecule has 4 nitrogen and oxygen atoms in total. The van der Waals surface area contributed by atoms with Gasteiger partial charge in [-0.15, -0.1) is 0 Å². The van der Waals surface area contributed by atoms with Crippen molar-refractivity contribution in [1.82, 2.24) is 10.6 Å². The molecule has 0 aliphatic rings. The van der Waals surface area contributed by atoms with E-state index in [1.165, 1.54) is 0 Å². The lowest BCUT2D eigenvalue weighted by Crippen LogP contribution is -2.43. The van der Waals surface area contributed by atoms with Gasteiger partial charge in [-0.2, -0.15) is 0 Å². The maximum Gasteiger partial charge on any atom is 0.221 e. The van der Waals surface area contributed by atoms with Crippen molar-refractivity contribution in [3.63, 3.8) is 0 Å². The minimum Gasteiger partial charge on any atom is -0.380 e. The highest BCUT2D eigenvalue weighted by atomic mass is 16.5. The van der Waals surface area contributed by atoms with Crippen LogP contribution in [-0.2, 0) is 9.53 Å². The quantitative estimate of drug-likeness (QED) is 0.647. The second kappa shape index (κ2) is 9.42. The lowest BCUT2D eigenvalue weighted by molar-refractivity contribution is -0.122. The number of rotatable bonds is 9. The minimum atomic E-state index is 0.0940. The SMILES string of the molecule is CCOCC(NC(=O)CCNC(C)C)C(C)C. The molecule has 0 heterocycles. The van der Waals surface area contributed by atoms with Gasteiger partial charge in [0.2, 0.25) is 5.91 Å². The Kier molecular flexibility index (Phi) is 9.09. The maximum atomic E-state index is 11.7. The molecule has 0 rings (SSSR count). The van der Waals surface area contributed by atoms with E-state index < -0.39 is 0 Å². The molecule has 1 atom stereocenters.